The first kappa shape index (κ1) is 23.9. The summed E-state index contributed by atoms with van der Waals surface area (Å²) in [5.74, 6) is -1.51. The first-order chi connectivity index (χ1) is 13.1. The molecule has 1 heterocycles. The van der Waals surface area contributed by atoms with Crippen LogP contribution in [0, 0.1) is 0 Å². The van der Waals surface area contributed by atoms with Gasteiger partial charge in [0.25, 0.3) is 0 Å². The summed E-state index contributed by atoms with van der Waals surface area (Å²) in [5.41, 5.74) is 5.43. The van der Waals surface area contributed by atoms with Crippen molar-refractivity contribution < 1.29 is 19.2 Å². The first-order valence-electron chi connectivity index (χ1n) is 8.58. The van der Waals surface area contributed by atoms with Gasteiger partial charge in [-0.25, -0.2) is 4.98 Å². The van der Waals surface area contributed by atoms with Crippen molar-refractivity contribution in [2.24, 2.45) is 5.73 Å². The molecule has 1 aromatic heterocycles. The number of rotatable bonds is 9. The van der Waals surface area contributed by atoms with Crippen LogP contribution in [0.2, 0.25) is 0 Å². The van der Waals surface area contributed by atoms with E-state index in [9.17, 15) is 19.2 Å². The number of aromatic nitrogens is 1. The second kappa shape index (κ2) is 11.7. The summed E-state index contributed by atoms with van der Waals surface area (Å²) in [4.78, 5) is 52.0. The van der Waals surface area contributed by atoms with E-state index >= 15 is 0 Å². The molecule has 3 amide bonds. The molecular weight excluding hydrogens is 402 g/mol. The van der Waals surface area contributed by atoms with Crippen LogP contribution in [0.5, 0.6) is 0 Å². The van der Waals surface area contributed by atoms with E-state index in [1.54, 1.807) is 25.3 Å². The van der Waals surface area contributed by atoms with E-state index in [-0.39, 0.29) is 5.12 Å². The van der Waals surface area contributed by atoms with E-state index in [1.807, 2.05) is 6.07 Å². The number of pyridine rings is 1. The summed E-state index contributed by atoms with van der Waals surface area (Å²) >= 11 is 0. The van der Waals surface area contributed by atoms with Gasteiger partial charge in [-0.1, -0.05) is 6.07 Å². The van der Waals surface area contributed by atoms with Crippen LogP contribution >= 0.6 is 21.6 Å². The second-order valence-corrected chi connectivity index (χ2v) is 8.29. The molecular formula is C17H25N5O4S2. The maximum atomic E-state index is 12.2. The van der Waals surface area contributed by atoms with Crippen LogP contribution < -0.4 is 21.7 Å². The quantitative estimate of drug-likeness (QED) is 0.410. The molecule has 154 valence electrons. The fraction of sp³-hybridized carbons (Fsp3) is 0.471. The van der Waals surface area contributed by atoms with Gasteiger partial charge in [-0.15, -0.1) is 0 Å². The van der Waals surface area contributed by atoms with Crippen LogP contribution in [-0.4, -0.2) is 52.0 Å². The largest absolute Gasteiger partial charge is 0.344 e. The zero-order valence-corrected chi connectivity index (χ0v) is 17.7. The standard InChI is InChI=1S/C17H25N5O4S2/c1-9(18)14(23)20-10(2)15(24)21-11(3)16(25)22-12(4)17(26)28-27-13-7-5-6-8-19-13/h5-12H,18H2,1-4H3,(H,20,23)(H,21,24)(H,22,25)/t9-,10-,11-,12-/m0/s1. The predicted octanol–water partition coefficient (Wildman–Crippen LogP) is 0.210. The van der Waals surface area contributed by atoms with Crippen molar-refractivity contribution in [3.63, 3.8) is 0 Å². The Labute approximate surface area is 171 Å². The topological polar surface area (TPSA) is 143 Å². The lowest BCUT2D eigenvalue weighted by Gasteiger charge is -2.20. The van der Waals surface area contributed by atoms with Gasteiger partial charge in [-0.3, -0.25) is 19.2 Å². The van der Waals surface area contributed by atoms with Gasteiger partial charge in [0.15, 0.2) is 0 Å². The number of nitrogens with zero attached hydrogens (tertiary/aromatic N) is 1. The molecule has 0 fully saturated rings. The highest BCUT2D eigenvalue weighted by Gasteiger charge is 2.24. The van der Waals surface area contributed by atoms with Gasteiger partial charge in [0.2, 0.25) is 22.8 Å². The molecule has 0 radical (unpaired) electrons. The van der Waals surface area contributed by atoms with Gasteiger partial charge < -0.3 is 21.7 Å². The highest BCUT2D eigenvalue weighted by Crippen LogP contribution is 2.30. The average Bonchev–Trinajstić information content (AvgIpc) is 2.66. The summed E-state index contributed by atoms with van der Waals surface area (Å²) in [6.45, 7) is 6.03. The van der Waals surface area contributed by atoms with E-state index in [4.69, 9.17) is 5.73 Å². The molecule has 0 bridgehead atoms. The van der Waals surface area contributed by atoms with Crippen LogP contribution in [-0.2, 0) is 19.2 Å². The molecule has 0 aliphatic heterocycles. The lowest BCUT2D eigenvalue weighted by atomic mass is 10.2. The monoisotopic (exact) mass is 427 g/mol. The van der Waals surface area contributed by atoms with Gasteiger partial charge >= 0.3 is 0 Å². The SMILES string of the molecule is C[C@H](N)C(=O)N[C@@H](C)C(=O)N[C@@H](C)C(=O)N[C@@H](C)C(=O)SSc1ccccn1. The number of carbonyl (C=O) groups excluding carboxylic acids is 4. The van der Waals surface area contributed by atoms with E-state index in [2.05, 4.69) is 20.9 Å². The van der Waals surface area contributed by atoms with Crippen molar-refractivity contribution >= 4 is 44.4 Å². The third kappa shape index (κ3) is 8.28. The van der Waals surface area contributed by atoms with Crippen LogP contribution in [0.4, 0.5) is 0 Å². The molecule has 0 unspecified atom stereocenters. The third-order valence-electron chi connectivity index (χ3n) is 3.48. The third-order valence-corrected chi connectivity index (χ3v) is 5.75. The van der Waals surface area contributed by atoms with Gasteiger partial charge in [-0.05, 0) is 61.4 Å². The Hall–Kier alpha value is -2.11. The number of hydrogen-bond donors (Lipinski definition) is 4. The minimum atomic E-state index is -0.883. The molecule has 1 aromatic rings. The first-order valence-corrected chi connectivity index (χ1v) is 10.7. The van der Waals surface area contributed by atoms with Gasteiger partial charge in [-0.2, -0.15) is 0 Å². The Kier molecular flexibility index (Phi) is 9.97. The molecule has 5 N–H and O–H groups in total. The van der Waals surface area contributed by atoms with Crippen molar-refractivity contribution in [1.82, 2.24) is 20.9 Å². The number of nitrogens with two attached hydrogens (primary N) is 1. The van der Waals surface area contributed by atoms with Gasteiger partial charge in [0.05, 0.1) is 12.1 Å². The molecule has 4 atom stereocenters. The lowest BCUT2D eigenvalue weighted by molar-refractivity contribution is -0.132. The van der Waals surface area contributed by atoms with Crippen LogP contribution in [0.1, 0.15) is 27.7 Å². The maximum absolute atomic E-state index is 12.2. The van der Waals surface area contributed by atoms with Crippen molar-refractivity contribution in [2.45, 2.75) is 56.9 Å². The highest BCUT2D eigenvalue weighted by molar-refractivity contribution is 8.82. The Morgan fingerprint density at radius 3 is 1.93 bits per heavy atom. The van der Waals surface area contributed by atoms with Gasteiger partial charge in [0.1, 0.15) is 17.1 Å². The van der Waals surface area contributed by atoms with Crippen molar-refractivity contribution in [2.75, 3.05) is 0 Å². The Balaban J connectivity index is 2.44. The van der Waals surface area contributed by atoms with E-state index in [0.717, 1.165) is 10.8 Å². The smallest absolute Gasteiger partial charge is 0.242 e. The fourth-order valence-corrected chi connectivity index (χ4v) is 3.60. The van der Waals surface area contributed by atoms with Crippen molar-refractivity contribution in [1.29, 1.82) is 0 Å². The predicted molar refractivity (Wildman–Crippen MR) is 109 cm³/mol. The minimum Gasteiger partial charge on any atom is -0.344 e. The summed E-state index contributed by atoms with van der Waals surface area (Å²) in [6.07, 6.45) is 1.63. The van der Waals surface area contributed by atoms with Crippen LogP contribution in [0.3, 0.4) is 0 Å². The van der Waals surface area contributed by atoms with Crippen LogP contribution in [0.15, 0.2) is 29.4 Å². The van der Waals surface area contributed by atoms with E-state index in [1.165, 1.54) is 31.6 Å². The Morgan fingerprint density at radius 1 is 0.893 bits per heavy atom. The van der Waals surface area contributed by atoms with E-state index < -0.39 is 41.9 Å². The molecule has 0 saturated heterocycles. The molecule has 9 nitrogen and oxygen atoms in total. The Bertz CT molecular complexity index is 702. The molecule has 0 spiro atoms. The Morgan fingerprint density at radius 2 is 1.43 bits per heavy atom. The summed E-state index contributed by atoms with van der Waals surface area (Å²) in [7, 11) is 2.17. The molecule has 0 saturated carbocycles. The lowest BCUT2D eigenvalue weighted by Crippen LogP contribution is -2.54. The molecule has 28 heavy (non-hydrogen) atoms. The summed E-state index contributed by atoms with van der Waals surface area (Å²) in [6, 6.07) is 2.14. The van der Waals surface area contributed by atoms with E-state index in [0.29, 0.717) is 5.03 Å². The van der Waals surface area contributed by atoms with Gasteiger partial charge in [0, 0.05) is 6.20 Å². The zero-order chi connectivity index (χ0) is 21.3. The minimum absolute atomic E-state index is 0.250. The summed E-state index contributed by atoms with van der Waals surface area (Å²) in [5, 5.41) is 7.91. The molecule has 0 aromatic carbocycles. The number of amides is 3. The highest BCUT2D eigenvalue weighted by atomic mass is 33.1. The second-order valence-electron chi connectivity index (χ2n) is 6.13. The zero-order valence-electron chi connectivity index (χ0n) is 16.1. The molecule has 0 aliphatic carbocycles. The fourth-order valence-electron chi connectivity index (χ4n) is 1.76. The number of hydrogen-bond acceptors (Lipinski definition) is 8. The summed E-state index contributed by atoms with van der Waals surface area (Å²) < 4.78 is 0. The normalized spacial score (nSPS) is 14.9. The number of carbonyl (C=O) groups is 4. The van der Waals surface area contributed by atoms with Crippen LogP contribution in [0.25, 0.3) is 0 Å². The molecule has 1 rings (SSSR count). The van der Waals surface area contributed by atoms with Crippen molar-refractivity contribution in [3.8, 4) is 0 Å². The molecule has 0 aliphatic rings. The average molecular weight is 428 g/mol. The molecule has 11 heteroatoms. The number of nitrogens with one attached hydrogen (secondary N) is 3. The maximum Gasteiger partial charge on any atom is 0.242 e. The van der Waals surface area contributed by atoms with Crippen molar-refractivity contribution in [3.05, 3.63) is 24.4 Å².